The predicted octanol–water partition coefficient (Wildman–Crippen LogP) is 7.12. The number of hydrogen-bond donors (Lipinski definition) is 2. The fourth-order valence-electron chi connectivity index (χ4n) is 7.96. The number of anilines is 1. The van der Waals surface area contributed by atoms with Crippen LogP contribution in [0.25, 0.3) is 11.2 Å². The van der Waals surface area contributed by atoms with Crippen molar-refractivity contribution in [2.45, 2.75) is 62.0 Å². The van der Waals surface area contributed by atoms with Gasteiger partial charge in [-0.3, -0.25) is 5.32 Å². The fourth-order valence-corrected chi connectivity index (χ4v) is 8.52. The Labute approximate surface area is 282 Å². The Balaban J connectivity index is 1.22. The third kappa shape index (κ3) is 4.99. The Morgan fingerprint density at radius 3 is 2.15 bits per heavy atom. The van der Waals surface area contributed by atoms with Gasteiger partial charge in [-0.1, -0.05) is 110 Å². The van der Waals surface area contributed by atoms with Crippen LogP contribution < -0.4 is 5.32 Å². The van der Waals surface area contributed by atoms with Crippen LogP contribution in [0.4, 0.5) is 10.6 Å². The van der Waals surface area contributed by atoms with Gasteiger partial charge in [0.15, 0.2) is 27.9 Å². The number of benzene rings is 3. The first-order valence-corrected chi connectivity index (χ1v) is 17.3. The summed E-state index contributed by atoms with van der Waals surface area (Å²) in [5.41, 5.74) is 2.90. The summed E-state index contributed by atoms with van der Waals surface area (Å²) >= 11 is 1.45. The minimum absolute atomic E-state index is 0.147. The zero-order chi connectivity index (χ0) is 33.1. The molecule has 2 aliphatic carbocycles. The smallest absolute Gasteiger partial charge is 0.410 e. The van der Waals surface area contributed by atoms with Crippen LogP contribution in [0.2, 0.25) is 0 Å². The van der Waals surface area contributed by atoms with Gasteiger partial charge in [-0.25, -0.2) is 19.7 Å². The third-order valence-electron chi connectivity index (χ3n) is 9.94. The van der Waals surface area contributed by atoms with Crippen LogP contribution in [0.3, 0.4) is 0 Å². The number of nitrogens with one attached hydrogen (secondary N) is 1. The van der Waals surface area contributed by atoms with E-state index in [0.717, 1.165) is 28.9 Å². The molecule has 246 valence electrons. The molecule has 3 heterocycles. The molecule has 11 heteroatoms. The second-order valence-corrected chi connectivity index (χ2v) is 14.4. The maximum atomic E-state index is 11.7. The highest BCUT2D eigenvalue weighted by molar-refractivity contribution is 7.99. The van der Waals surface area contributed by atoms with Crippen molar-refractivity contribution in [1.82, 2.24) is 19.5 Å². The zero-order valence-corrected chi connectivity index (χ0v) is 27.8. The molecule has 3 aromatic carbocycles. The first-order chi connectivity index (χ1) is 23.3. The monoisotopic (exact) mass is 663 g/mol. The fraction of sp³-hybridized carbons (Fsp3) is 0.351. The van der Waals surface area contributed by atoms with E-state index >= 15 is 0 Å². The van der Waals surface area contributed by atoms with E-state index in [4.69, 9.17) is 19.2 Å². The molecule has 0 bridgehead atoms. The molecule has 2 N–H and O–H groups in total. The molecular formula is C37H37N5O5S. The Hall–Kier alpha value is -4.29. The number of thioether (sulfide) groups is 1. The number of carbonyl (C=O) groups is 1. The Morgan fingerprint density at radius 2 is 1.58 bits per heavy atom. The van der Waals surface area contributed by atoms with E-state index in [1.165, 1.54) is 11.8 Å². The number of ether oxygens (including phenoxy) is 3. The number of carboxylic acid groups (broad SMARTS) is 1. The van der Waals surface area contributed by atoms with Gasteiger partial charge in [0.1, 0.15) is 11.7 Å². The summed E-state index contributed by atoms with van der Waals surface area (Å²) in [5.74, 6) is 0.257. The molecule has 1 saturated heterocycles. The van der Waals surface area contributed by atoms with Crippen molar-refractivity contribution in [1.29, 1.82) is 0 Å². The van der Waals surface area contributed by atoms with E-state index in [1.807, 2.05) is 43.5 Å². The van der Waals surface area contributed by atoms with Gasteiger partial charge < -0.3 is 23.9 Å². The summed E-state index contributed by atoms with van der Waals surface area (Å²) in [7, 11) is 0. The molecule has 2 aromatic heterocycles. The minimum atomic E-state index is -1.20. The van der Waals surface area contributed by atoms with Gasteiger partial charge in [0.05, 0.1) is 25.1 Å². The highest BCUT2D eigenvalue weighted by atomic mass is 32.2. The Morgan fingerprint density at radius 1 is 0.979 bits per heavy atom. The molecule has 5 atom stereocenters. The lowest BCUT2D eigenvalue weighted by molar-refractivity contribution is -0.166. The molecule has 8 rings (SSSR count). The van der Waals surface area contributed by atoms with E-state index in [-0.39, 0.29) is 35.4 Å². The van der Waals surface area contributed by atoms with Gasteiger partial charge in [0, 0.05) is 5.41 Å². The van der Waals surface area contributed by atoms with Crippen molar-refractivity contribution in [2.24, 2.45) is 11.3 Å². The average molecular weight is 664 g/mol. The highest BCUT2D eigenvalue weighted by Gasteiger charge is 2.76. The third-order valence-corrected chi connectivity index (χ3v) is 10.7. The first kappa shape index (κ1) is 31.0. The van der Waals surface area contributed by atoms with E-state index in [2.05, 4.69) is 88.1 Å². The van der Waals surface area contributed by atoms with Crippen LogP contribution >= 0.6 is 11.8 Å². The summed E-state index contributed by atoms with van der Waals surface area (Å²) in [6.45, 7) is 6.34. The van der Waals surface area contributed by atoms with Crippen LogP contribution in [-0.2, 0) is 19.8 Å². The van der Waals surface area contributed by atoms with Crippen LogP contribution in [-0.4, -0.2) is 61.1 Å². The number of nitrogens with zero attached hydrogens (tertiary/aromatic N) is 4. The van der Waals surface area contributed by atoms with Crippen molar-refractivity contribution in [2.75, 3.05) is 17.7 Å². The summed E-state index contributed by atoms with van der Waals surface area (Å²) in [6, 6.07) is 31.0. The van der Waals surface area contributed by atoms with Crippen molar-refractivity contribution in [3.63, 3.8) is 0 Å². The molecule has 1 amide bonds. The van der Waals surface area contributed by atoms with E-state index < -0.39 is 17.5 Å². The lowest BCUT2D eigenvalue weighted by Crippen LogP contribution is -2.39. The molecule has 0 radical (unpaired) electrons. The van der Waals surface area contributed by atoms with Gasteiger partial charge in [-0.2, -0.15) is 0 Å². The number of fused-ring (bicyclic) bond motifs is 4. The molecule has 3 aliphatic rings. The van der Waals surface area contributed by atoms with Crippen LogP contribution in [0, 0.1) is 11.3 Å². The molecule has 3 fully saturated rings. The van der Waals surface area contributed by atoms with Crippen LogP contribution in [0.5, 0.6) is 0 Å². The van der Waals surface area contributed by atoms with Gasteiger partial charge in [-0.05, 0) is 48.6 Å². The molecule has 0 unspecified atom stereocenters. The number of rotatable bonds is 10. The second-order valence-electron chi connectivity index (χ2n) is 13.2. The van der Waals surface area contributed by atoms with E-state index in [1.54, 1.807) is 6.33 Å². The largest absolute Gasteiger partial charge is 0.465 e. The quantitative estimate of drug-likeness (QED) is 0.0914. The highest BCUT2D eigenvalue weighted by Crippen LogP contribution is 2.72. The topological polar surface area (TPSA) is 121 Å². The summed E-state index contributed by atoms with van der Waals surface area (Å²) in [4.78, 5) is 25.6. The molecular weight excluding hydrogens is 627 g/mol. The first-order valence-electron chi connectivity index (χ1n) is 16.3. The van der Waals surface area contributed by atoms with Crippen molar-refractivity contribution >= 4 is 34.8 Å². The van der Waals surface area contributed by atoms with Gasteiger partial charge in [0.2, 0.25) is 0 Å². The molecule has 0 spiro atoms. The summed E-state index contributed by atoms with van der Waals surface area (Å²) in [5, 5.41) is 12.4. The molecule has 2 saturated carbocycles. The van der Waals surface area contributed by atoms with Crippen molar-refractivity contribution < 1.29 is 24.1 Å². The van der Waals surface area contributed by atoms with Gasteiger partial charge in [-0.15, -0.1) is 0 Å². The predicted molar refractivity (Wildman–Crippen MR) is 182 cm³/mol. The molecule has 5 aromatic rings. The molecule has 10 nitrogen and oxygen atoms in total. The lowest BCUT2D eigenvalue weighted by atomic mass is 9.80. The van der Waals surface area contributed by atoms with E-state index in [9.17, 15) is 9.90 Å². The molecule has 1 aliphatic heterocycles. The standard InChI is InChI=1S/C37H37N5O5S/c1-4-48-33-39-31(40-34(43)44)27-32(41-33)42(22-38-27)28-26-20-36(26,30-29(28)46-35(2,3)47-30)21-45-37(23-14-8-5-9-15-23,24-16-10-6-11-17-24)25-18-12-7-13-19-25/h5-19,22,26,28-30H,4,20-21H2,1-3H3,(H,43,44)(H,39,40,41)/t26-,28-,29+,30+,36+/m1/s1. The minimum Gasteiger partial charge on any atom is -0.465 e. The normalized spacial score (nSPS) is 25.5. The van der Waals surface area contributed by atoms with Crippen molar-refractivity contribution in [3.8, 4) is 0 Å². The Kier molecular flexibility index (Phi) is 7.55. The maximum Gasteiger partial charge on any atom is 0.410 e. The number of hydrogen-bond acceptors (Lipinski definition) is 8. The number of imidazole rings is 1. The second kappa shape index (κ2) is 11.7. The summed E-state index contributed by atoms with van der Waals surface area (Å²) in [6.07, 6.45) is 0.884. The maximum absolute atomic E-state index is 11.7. The zero-order valence-electron chi connectivity index (χ0n) is 26.9. The average Bonchev–Trinajstić information content (AvgIpc) is 3.34. The molecule has 48 heavy (non-hydrogen) atoms. The lowest BCUT2D eigenvalue weighted by Gasteiger charge is -2.38. The van der Waals surface area contributed by atoms with Crippen LogP contribution in [0.15, 0.2) is 102 Å². The van der Waals surface area contributed by atoms with Gasteiger partial charge >= 0.3 is 6.09 Å². The number of aromatic nitrogens is 4. The Bertz CT molecular complexity index is 1860. The van der Waals surface area contributed by atoms with Crippen LogP contribution in [0.1, 0.15) is 49.9 Å². The van der Waals surface area contributed by atoms with Gasteiger partial charge in [0.25, 0.3) is 0 Å². The van der Waals surface area contributed by atoms with E-state index in [0.29, 0.717) is 22.9 Å². The summed E-state index contributed by atoms with van der Waals surface area (Å²) < 4.78 is 22.8. The van der Waals surface area contributed by atoms with Crippen molar-refractivity contribution in [3.05, 3.63) is 114 Å². The SMILES string of the molecule is CCSc1nc(NC(=O)O)c2ncn([C@H]3[C@@H]4OC(C)(C)O[C@@H]4[C@]4(COC(c5ccccc5)(c5ccccc5)c5ccccc5)C[C@H]34)c2n1. The number of amides is 1.